The largest absolute Gasteiger partial charge is 0.316 e. The molecule has 0 bridgehead atoms. The molecule has 0 aromatic carbocycles. The minimum Gasteiger partial charge on any atom is -0.316 e. The number of unbranched alkanes of at least 4 members (excludes halogenated alkanes) is 1. The molecule has 0 aromatic heterocycles. The fraction of sp³-hybridized carbons (Fsp3) is 1.00. The zero-order valence-electron chi connectivity index (χ0n) is 7.47. The standard InChI is InChI=1S/C9H20N2/c1-2-3-4-8-5-6-9(10)11-7-8/h8-9,11H,2-7,10H2,1H3/t8-,9+/m0/s1. The van der Waals surface area contributed by atoms with E-state index in [2.05, 4.69) is 12.2 Å². The molecule has 1 rings (SSSR count). The van der Waals surface area contributed by atoms with Crippen LogP contribution in [0, 0.1) is 5.92 Å². The van der Waals surface area contributed by atoms with Gasteiger partial charge in [0.2, 0.25) is 0 Å². The fourth-order valence-corrected chi connectivity index (χ4v) is 1.68. The highest BCUT2D eigenvalue weighted by molar-refractivity contribution is 4.73. The fourth-order valence-electron chi connectivity index (χ4n) is 1.68. The van der Waals surface area contributed by atoms with Crippen LogP contribution in [0.5, 0.6) is 0 Å². The van der Waals surface area contributed by atoms with Crippen LogP contribution in [0.2, 0.25) is 0 Å². The first-order valence-electron chi connectivity index (χ1n) is 4.82. The quantitative estimate of drug-likeness (QED) is 0.649. The van der Waals surface area contributed by atoms with Gasteiger partial charge >= 0.3 is 0 Å². The minimum absolute atomic E-state index is 0.271. The third kappa shape index (κ3) is 3.21. The highest BCUT2D eigenvalue weighted by atomic mass is 15.0. The number of rotatable bonds is 3. The van der Waals surface area contributed by atoms with Crippen molar-refractivity contribution in [2.75, 3.05) is 6.54 Å². The third-order valence-corrected chi connectivity index (χ3v) is 2.52. The molecule has 3 N–H and O–H groups in total. The van der Waals surface area contributed by atoms with Gasteiger partial charge in [0.1, 0.15) is 0 Å². The second-order valence-electron chi connectivity index (χ2n) is 3.60. The molecular formula is C9H20N2. The molecule has 0 aromatic rings. The van der Waals surface area contributed by atoms with Crippen LogP contribution in [0.3, 0.4) is 0 Å². The Labute approximate surface area is 69.5 Å². The zero-order chi connectivity index (χ0) is 8.10. The molecule has 2 nitrogen and oxygen atoms in total. The molecule has 0 amide bonds. The van der Waals surface area contributed by atoms with Crippen LogP contribution in [0.15, 0.2) is 0 Å². The van der Waals surface area contributed by atoms with Gasteiger partial charge in [-0.1, -0.05) is 19.8 Å². The number of piperidine rings is 1. The van der Waals surface area contributed by atoms with Crippen LogP contribution in [0.25, 0.3) is 0 Å². The van der Waals surface area contributed by atoms with E-state index in [1.807, 2.05) is 0 Å². The Bertz CT molecular complexity index is 93.0. The van der Waals surface area contributed by atoms with Crippen LogP contribution < -0.4 is 11.1 Å². The van der Waals surface area contributed by atoms with Crippen LogP contribution in [0.4, 0.5) is 0 Å². The van der Waals surface area contributed by atoms with Crippen molar-refractivity contribution in [1.82, 2.24) is 5.32 Å². The molecular weight excluding hydrogens is 136 g/mol. The first-order valence-corrected chi connectivity index (χ1v) is 4.82. The lowest BCUT2D eigenvalue weighted by Crippen LogP contribution is -2.44. The van der Waals surface area contributed by atoms with Crippen LogP contribution in [0.1, 0.15) is 39.0 Å². The molecule has 1 saturated heterocycles. The zero-order valence-corrected chi connectivity index (χ0v) is 7.47. The van der Waals surface area contributed by atoms with Crippen LogP contribution in [-0.4, -0.2) is 12.7 Å². The normalized spacial score (nSPS) is 32.2. The lowest BCUT2D eigenvalue weighted by Gasteiger charge is -2.27. The smallest absolute Gasteiger partial charge is 0.0546 e. The third-order valence-electron chi connectivity index (χ3n) is 2.52. The van der Waals surface area contributed by atoms with Gasteiger partial charge in [-0.3, -0.25) is 0 Å². The van der Waals surface area contributed by atoms with E-state index in [0.29, 0.717) is 0 Å². The molecule has 1 aliphatic rings. The van der Waals surface area contributed by atoms with Gasteiger partial charge in [-0.25, -0.2) is 0 Å². The summed E-state index contributed by atoms with van der Waals surface area (Å²) in [5.41, 5.74) is 5.71. The lowest BCUT2D eigenvalue weighted by atomic mass is 9.93. The molecule has 66 valence electrons. The van der Waals surface area contributed by atoms with Crippen molar-refractivity contribution in [1.29, 1.82) is 0 Å². The summed E-state index contributed by atoms with van der Waals surface area (Å²) in [7, 11) is 0. The monoisotopic (exact) mass is 156 g/mol. The Morgan fingerprint density at radius 2 is 2.27 bits per heavy atom. The van der Waals surface area contributed by atoms with E-state index in [4.69, 9.17) is 5.73 Å². The summed E-state index contributed by atoms with van der Waals surface area (Å²) >= 11 is 0. The predicted octanol–water partition coefficient (Wildman–Crippen LogP) is 1.46. The van der Waals surface area contributed by atoms with Crippen molar-refractivity contribution in [3.63, 3.8) is 0 Å². The van der Waals surface area contributed by atoms with Gasteiger partial charge < -0.3 is 11.1 Å². The molecule has 1 fully saturated rings. The van der Waals surface area contributed by atoms with Crippen molar-refractivity contribution in [3.8, 4) is 0 Å². The highest BCUT2D eigenvalue weighted by Gasteiger charge is 2.16. The number of hydrogen-bond acceptors (Lipinski definition) is 2. The van der Waals surface area contributed by atoms with Crippen molar-refractivity contribution in [2.24, 2.45) is 11.7 Å². The molecule has 2 atom stereocenters. The van der Waals surface area contributed by atoms with Crippen LogP contribution >= 0.6 is 0 Å². The maximum Gasteiger partial charge on any atom is 0.0546 e. The maximum absolute atomic E-state index is 5.71. The Balaban J connectivity index is 2.07. The summed E-state index contributed by atoms with van der Waals surface area (Å²) in [6.07, 6.45) is 6.84. The van der Waals surface area contributed by atoms with E-state index in [9.17, 15) is 0 Å². The second-order valence-corrected chi connectivity index (χ2v) is 3.60. The second kappa shape index (κ2) is 4.73. The lowest BCUT2D eigenvalue weighted by molar-refractivity contribution is 0.297. The molecule has 0 aliphatic carbocycles. The molecule has 2 heteroatoms. The summed E-state index contributed by atoms with van der Waals surface area (Å²) in [5.74, 6) is 0.898. The molecule has 0 spiro atoms. The maximum atomic E-state index is 5.71. The Hall–Kier alpha value is -0.0800. The number of nitrogens with two attached hydrogens (primary N) is 1. The van der Waals surface area contributed by atoms with E-state index >= 15 is 0 Å². The van der Waals surface area contributed by atoms with Gasteiger partial charge in [0, 0.05) is 0 Å². The predicted molar refractivity (Wildman–Crippen MR) is 48.2 cm³/mol. The molecule has 0 radical (unpaired) electrons. The van der Waals surface area contributed by atoms with Crippen molar-refractivity contribution < 1.29 is 0 Å². The molecule has 11 heavy (non-hydrogen) atoms. The highest BCUT2D eigenvalue weighted by Crippen LogP contribution is 2.17. The minimum atomic E-state index is 0.271. The van der Waals surface area contributed by atoms with Crippen molar-refractivity contribution in [2.45, 2.75) is 45.2 Å². The van der Waals surface area contributed by atoms with E-state index in [0.717, 1.165) is 18.9 Å². The van der Waals surface area contributed by atoms with Gasteiger partial charge in [-0.15, -0.1) is 0 Å². The van der Waals surface area contributed by atoms with Gasteiger partial charge in [-0.2, -0.15) is 0 Å². The first kappa shape index (κ1) is 9.01. The average molecular weight is 156 g/mol. The summed E-state index contributed by atoms with van der Waals surface area (Å²) in [6, 6.07) is 0. The van der Waals surface area contributed by atoms with E-state index in [1.54, 1.807) is 0 Å². The van der Waals surface area contributed by atoms with Gasteiger partial charge in [0.05, 0.1) is 6.17 Å². The summed E-state index contributed by atoms with van der Waals surface area (Å²) in [6.45, 7) is 3.39. The van der Waals surface area contributed by atoms with E-state index in [-0.39, 0.29) is 6.17 Å². The Morgan fingerprint density at radius 1 is 1.45 bits per heavy atom. The molecule has 0 unspecified atom stereocenters. The summed E-state index contributed by atoms with van der Waals surface area (Å²) in [5, 5.41) is 3.32. The molecule has 0 saturated carbocycles. The van der Waals surface area contributed by atoms with Gasteiger partial charge in [0.25, 0.3) is 0 Å². The summed E-state index contributed by atoms with van der Waals surface area (Å²) < 4.78 is 0. The van der Waals surface area contributed by atoms with E-state index < -0.39 is 0 Å². The first-order chi connectivity index (χ1) is 5.33. The average Bonchev–Trinajstić information content (AvgIpc) is 2.04. The van der Waals surface area contributed by atoms with Gasteiger partial charge in [0.15, 0.2) is 0 Å². The molecule has 1 heterocycles. The number of nitrogens with one attached hydrogen (secondary N) is 1. The number of hydrogen-bond donors (Lipinski definition) is 2. The van der Waals surface area contributed by atoms with E-state index in [1.165, 1.54) is 25.7 Å². The topological polar surface area (TPSA) is 38.0 Å². The Kier molecular flexibility index (Phi) is 3.87. The molecule has 1 aliphatic heterocycles. The SMILES string of the molecule is CCCC[C@H]1CC[C@H](N)NC1. The van der Waals surface area contributed by atoms with Crippen LogP contribution in [-0.2, 0) is 0 Å². The van der Waals surface area contributed by atoms with Crippen molar-refractivity contribution >= 4 is 0 Å². The van der Waals surface area contributed by atoms with Crippen molar-refractivity contribution in [3.05, 3.63) is 0 Å². The Morgan fingerprint density at radius 3 is 2.82 bits per heavy atom. The summed E-state index contributed by atoms with van der Waals surface area (Å²) in [4.78, 5) is 0. The van der Waals surface area contributed by atoms with Gasteiger partial charge in [-0.05, 0) is 31.7 Å².